The lowest BCUT2D eigenvalue weighted by atomic mass is 9.87. The first-order valence-corrected chi connectivity index (χ1v) is 21.2. The van der Waals surface area contributed by atoms with E-state index < -0.39 is 34.9 Å². The third kappa shape index (κ3) is 4.83. The molecule has 2 unspecified atom stereocenters. The van der Waals surface area contributed by atoms with Gasteiger partial charge in [-0.15, -0.1) is 0 Å². The van der Waals surface area contributed by atoms with Gasteiger partial charge >= 0.3 is 0 Å². The standard InChI is InChI=1S/C56H34F2N2O4/c57-41-21-17-39(18-22-41)55(63)47-28-46-48(27-45(47)53(61)59(55)29-37-13-11-35-9-7-31-3-1-5-33-15-25-43(37)51(35)49(31)33)56(64,40-19-23-42(58)24-20-40)60(54(46)62)30-38-14-12-36-10-8-32-4-2-6-34-16-26-44(38)52(36)50(32)34/h1-28,63-64H,29-30H2. The van der Waals surface area contributed by atoms with Crippen molar-refractivity contribution in [2.75, 3.05) is 0 Å². The predicted molar refractivity (Wildman–Crippen MR) is 245 cm³/mol. The highest BCUT2D eigenvalue weighted by Gasteiger charge is 2.56. The third-order valence-corrected chi connectivity index (χ3v) is 14.0. The Morgan fingerprint density at radius 1 is 0.406 bits per heavy atom. The molecule has 8 heteroatoms. The summed E-state index contributed by atoms with van der Waals surface area (Å²) in [6.07, 6.45) is 0. The van der Waals surface area contributed by atoms with Gasteiger partial charge in [-0.3, -0.25) is 19.4 Å². The fourth-order valence-corrected chi connectivity index (χ4v) is 11.0. The maximum Gasteiger partial charge on any atom is 0.257 e. The van der Waals surface area contributed by atoms with E-state index in [1.165, 1.54) is 70.5 Å². The summed E-state index contributed by atoms with van der Waals surface area (Å²) in [5.74, 6) is -2.14. The molecule has 2 amide bonds. The van der Waals surface area contributed by atoms with Gasteiger partial charge in [0.25, 0.3) is 11.8 Å². The van der Waals surface area contributed by atoms with Gasteiger partial charge in [0, 0.05) is 33.4 Å². The number of hydrogen-bond donors (Lipinski definition) is 2. The van der Waals surface area contributed by atoms with Crippen molar-refractivity contribution in [3.05, 3.63) is 226 Å². The molecule has 13 rings (SSSR count). The van der Waals surface area contributed by atoms with Crippen molar-refractivity contribution >= 4 is 76.4 Å². The number of benzene rings is 11. The van der Waals surface area contributed by atoms with Crippen LogP contribution in [0.3, 0.4) is 0 Å². The van der Waals surface area contributed by atoms with Crippen LogP contribution in [-0.4, -0.2) is 31.8 Å². The monoisotopic (exact) mass is 836 g/mol. The Morgan fingerprint density at radius 3 is 1.11 bits per heavy atom. The molecule has 0 radical (unpaired) electrons. The van der Waals surface area contributed by atoms with Crippen molar-refractivity contribution in [2.24, 2.45) is 0 Å². The summed E-state index contributed by atoms with van der Waals surface area (Å²) in [7, 11) is 0. The molecule has 11 aromatic rings. The minimum atomic E-state index is -2.16. The summed E-state index contributed by atoms with van der Waals surface area (Å²) in [5, 5.41) is 39.0. The van der Waals surface area contributed by atoms with Crippen LogP contribution >= 0.6 is 0 Å². The number of hydrogen-bond acceptors (Lipinski definition) is 4. The quantitative estimate of drug-likeness (QED) is 0.164. The summed E-state index contributed by atoms with van der Waals surface area (Å²) < 4.78 is 29.1. The molecule has 0 bridgehead atoms. The maximum absolute atomic E-state index is 15.1. The minimum Gasteiger partial charge on any atom is -0.363 e. The van der Waals surface area contributed by atoms with Gasteiger partial charge in [-0.1, -0.05) is 133 Å². The summed E-state index contributed by atoms with van der Waals surface area (Å²) in [4.78, 5) is 33.0. The molecule has 11 aromatic carbocycles. The summed E-state index contributed by atoms with van der Waals surface area (Å²) >= 11 is 0. The van der Waals surface area contributed by atoms with Gasteiger partial charge in [-0.25, -0.2) is 8.78 Å². The van der Waals surface area contributed by atoms with Gasteiger partial charge in [-0.2, -0.15) is 0 Å². The fraction of sp³-hybridized carbons (Fsp3) is 0.0714. The van der Waals surface area contributed by atoms with Crippen LogP contribution in [0.5, 0.6) is 0 Å². The minimum absolute atomic E-state index is 0.0445. The zero-order valence-corrected chi connectivity index (χ0v) is 33.9. The van der Waals surface area contributed by atoms with Crippen molar-refractivity contribution in [1.82, 2.24) is 9.80 Å². The first kappa shape index (κ1) is 36.8. The largest absolute Gasteiger partial charge is 0.363 e. The van der Waals surface area contributed by atoms with E-state index >= 15 is 9.59 Å². The summed E-state index contributed by atoms with van der Waals surface area (Å²) in [6.45, 7) is -0.0889. The molecular formula is C56H34F2N2O4. The molecule has 0 aromatic heterocycles. The van der Waals surface area contributed by atoms with Crippen LogP contribution in [0.1, 0.15) is 54.1 Å². The Morgan fingerprint density at radius 2 is 0.734 bits per heavy atom. The Bertz CT molecular complexity index is 3510. The van der Waals surface area contributed by atoms with Gasteiger partial charge in [0.05, 0.1) is 13.1 Å². The highest BCUT2D eigenvalue weighted by atomic mass is 19.1. The van der Waals surface area contributed by atoms with Crippen LogP contribution in [-0.2, 0) is 24.5 Å². The van der Waals surface area contributed by atoms with Gasteiger partial charge in [-0.05, 0) is 112 Å². The Kier molecular flexibility index (Phi) is 7.42. The number of halogens is 2. The van der Waals surface area contributed by atoms with Gasteiger partial charge < -0.3 is 10.2 Å². The van der Waals surface area contributed by atoms with E-state index in [9.17, 15) is 19.0 Å². The average molecular weight is 837 g/mol. The van der Waals surface area contributed by atoms with Crippen LogP contribution in [0.4, 0.5) is 8.78 Å². The third-order valence-electron chi connectivity index (χ3n) is 14.0. The Labute approximate surface area is 364 Å². The van der Waals surface area contributed by atoms with Crippen molar-refractivity contribution in [3.63, 3.8) is 0 Å². The van der Waals surface area contributed by atoms with Crippen LogP contribution in [0.2, 0.25) is 0 Å². The number of carbonyl (C=O) groups excluding carboxylic acids is 2. The molecule has 306 valence electrons. The van der Waals surface area contributed by atoms with E-state index in [1.807, 2.05) is 48.5 Å². The smallest absolute Gasteiger partial charge is 0.257 e. The van der Waals surface area contributed by atoms with E-state index in [1.54, 1.807) is 0 Å². The first-order chi connectivity index (χ1) is 31.1. The highest BCUT2D eigenvalue weighted by Crippen LogP contribution is 2.51. The van der Waals surface area contributed by atoms with E-state index in [2.05, 4.69) is 60.7 Å². The van der Waals surface area contributed by atoms with Crippen LogP contribution in [0.25, 0.3) is 64.6 Å². The number of fused-ring (bicyclic) bond motifs is 2. The van der Waals surface area contributed by atoms with Gasteiger partial charge in [0.2, 0.25) is 0 Å². The van der Waals surface area contributed by atoms with Gasteiger partial charge in [0.1, 0.15) is 11.6 Å². The lowest BCUT2D eigenvalue weighted by molar-refractivity contribution is -0.0545. The molecule has 0 aliphatic carbocycles. The molecule has 2 aliphatic heterocycles. The molecule has 6 nitrogen and oxygen atoms in total. The van der Waals surface area contributed by atoms with Crippen LogP contribution in [0, 0.1) is 11.6 Å². The maximum atomic E-state index is 15.1. The summed E-state index contributed by atoms with van der Waals surface area (Å²) in [5.41, 5.74) is -1.93. The normalized spacial score (nSPS) is 18.6. The molecular weight excluding hydrogens is 803 g/mol. The van der Waals surface area contributed by atoms with Crippen molar-refractivity contribution in [3.8, 4) is 0 Å². The molecule has 0 saturated heterocycles. The summed E-state index contributed by atoms with van der Waals surface area (Å²) in [6, 6.07) is 50.5. The predicted octanol–water partition coefficient (Wildman–Crippen LogP) is 11.5. The lowest BCUT2D eigenvalue weighted by Crippen LogP contribution is -2.44. The molecule has 0 fully saturated rings. The first-order valence-electron chi connectivity index (χ1n) is 21.2. The van der Waals surface area contributed by atoms with Crippen molar-refractivity contribution < 1.29 is 28.6 Å². The van der Waals surface area contributed by atoms with E-state index in [0.717, 1.165) is 75.8 Å². The molecule has 2 atom stereocenters. The second-order valence-electron chi connectivity index (χ2n) is 17.2. The van der Waals surface area contributed by atoms with E-state index in [-0.39, 0.29) is 46.5 Å². The van der Waals surface area contributed by atoms with Crippen LogP contribution in [0.15, 0.2) is 170 Å². The fourth-order valence-electron chi connectivity index (χ4n) is 11.0. The Balaban J connectivity index is 0.985. The number of amides is 2. The lowest BCUT2D eigenvalue weighted by Gasteiger charge is -2.35. The molecule has 0 spiro atoms. The Hall–Kier alpha value is -7.78. The topological polar surface area (TPSA) is 81.1 Å². The van der Waals surface area contributed by atoms with E-state index in [0.29, 0.717) is 0 Å². The highest BCUT2D eigenvalue weighted by molar-refractivity contribution is 6.24. The zero-order chi connectivity index (χ0) is 43.2. The second kappa shape index (κ2) is 12.9. The van der Waals surface area contributed by atoms with Crippen molar-refractivity contribution in [2.45, 2.75) is 24.5 Å². The number of aliphatic hydroxyl groups is 2. The second-order valence-corrected chi connectivity index (χ2v) is 17.2. The van der Waals surface area contributed by atoms with Crippen LogP contribution < -0.4 is 0 Å². The SMILES string of the molecule is O=C1c2cc3c(cc2C(O)(c2ccc(F)cc2)N1Cc1ccc2ccc4cccc5ccc1c2c45)C(=O)N(Cc1ccc2ccc4cccc5ccc1c2c45)C3(O)c1ccc(F)cc1. The zero-order valence-electron chi connectivity index (χ0n) is 33.9. The molecule has 64 heavy (non-hydrogen) atoms. The van der Waals surface area contributed by atoms with Crippen molar-refractivity contribution in [1.29, 1.82) is 0 Å². The average Bonchev–Trinajstić information content (AvgIpc) is 3.66. The molecule has 2 aliphatic rings. The molecule has 2 heterocycles. The van der Waals surface area contributed by atoms with E-state index in [4.69, 9.17) is 0 Å². The number of nitrogens with zero attached hydrogens (tertiary/aromatic N) is 2. The number of carbonyl (C=O) groups is 2. The van der Waals surface area contributed by atoms with Gasteiger partial charge in [0.15, 0.2) is 11.4 Å². The number of rotatable bonds is 6. The molecule has 0 saturated carbocycles. The molecule has 2 N–H and O–H groups in total.